The average molecular weight is 357 g/mol. The normalized spacial score (nSPS) is 10.3. The van der Waals surface area contributed by atoms with E-state index in [1.165, 1.54) is 0 Å². The molecule has 0 atom stereocenters. The number of imide groups is 1. The van der Waals surface area contributed by atoms with Crippen molar-refractivity contribution in [3.63, 3.8) is 0 Å². The molecule has 128 valence electrons. The Morgan fingerprint density at radius 2 is 1.88 bits per heavy atom. The number of nitrogens with one attached hydrogen (secondary N) is 3. The second kappa shape index (κ2) is 8.34. The number of halogens is 3. The van der Waals surface area contributed by atoms with E-state index in [0.717, 1.165) is 17.0 Å². The Morgan fingerprint density at radius 1 is 1.08 bits per heavy atom. The molecule has 9 heteroatoms. The molecule has 0 fully saturated rings. The minimum atomic E-state index is -1.63. The third-order valence-corrected chi connectivity index (χ3v) is 3.90. The van der Waals surface area contributed by atoms with Gasteiger partial charge < -0.3 is 10.6 Å². The minimum absolute atomic E-state index is 0.352. The molecule has 1 heterocycles. The SMILES string of the molecule is O=C(CNc1ccc(F)c(F)c1F)NC(=O)NCCc1cccs1. The van der Waals surface area contributed by atoms with Crippen LogP contribution in [0.1, 0.15) is 4.88 Å². The molecule has 24 heavy (non-hydrogen) atoms. The van der Waals surface area contributed by atoms with Crippen LogP contribution < -0.4 is 16.0 Å². The molecule has 0 unspecified atom stereocenters. The average Bonchev–Trinajstić information content (AvgIpc) is 3.05. The van der Waals surface area contributed by atoms with Crippen LogP contribution in [0.15, 0.2) is 29.6 Å². The van der Waals surface area contributed by atoms with Crippen molar-refractivity contribution < 1.29 is 22.8 Å². The van der Waals surface area contributed by atoms with E-state index in [9.17, 15) is 22.8 Å². The number of hydrogen-bond donors (Lipinski definition) is 3. The van der Waals surface area contributed by atoms with Crippen LogP contribution in [-0.2, 0) is 11.2 Å². The summed E-state index contributed by atoms with van der Waals surface area (Å²) in [5, 5.41) is 8.75. The van der Waals surface area contributed by atoms with Crippen LogP contribution in [0.2, 0.25) is 0 Å². The Bertz CT molecular complexity index is 723. The summed E-state index contributed by atoms with van der Waals surface area (Å²) in [4.78, 5) is 24.2. The van der Waals surface area contributed by atoms with Crippen molar-refractivity contribution in [1.29, 1.82) is 0 Å². The molecule has 0 aliphatic heterocycles. The van der Waals surface area contributed by atoms with Crippen molar-refractivity contribution in [2.75, 3.05) is 18.4 Å². The first kappa shape index (κ1) is 17.8. The molecule has 1 aromatic heterocycles. The molecule has 1 aromatic carbocycles. The fraction of sp³-hybridized carbons (Fsp3) is 0.200. The summed E-state index contributed by atoms with van der Waals surface area (Å²) in [6, 6.07) is 4.82. The number of rotatable bonds is 6. The third-order valence-electron chi connectivity index (χ3n) is 2.96. The summed E-state index contributed by atoms with van der Waals surface area (Å²) in [7, 11) is 0. The molecule has 0 saturated heterocycles. The van der Waals surface area contributed by atoms with Crippen molar-refractivity contribution in [3.05, 3.63) is 52.0 Å². The monoisotopic (exact) mass is 357 g/mol. The highest BCUT2D eigenvalue weighted by Crippen LogP contribution is 2.19. The Morgan fingerprint density at radius 3 is 2.58 bits per heavy atom. The van der Waals surface area contributed by atoms with Gasteiger partial charge in [-0.15, -0.1) is 11.3 Å². The van der Waals surface area contributed by atoms with Crippen LogP contribution in [0.25, 0.3) is 0 Å². The van der Waals surface area contributed by atoms with Crippen LogP contribution in [0, 0.1) is 17.5 Å². The van der Waals surface area contributed by atoms with Crippen LogP contribution in [0.5, 0.6) is 0 Å². The fourth-order valence-electron chi connectivity index (χ4n) is 1.81. The molecule has 0 radical (unpaired) electrons. The second-order valence-corrected chi connectivity index (χ2v) is 5.74. The smallest absolute Gasteiger partial charge is 0.321 e. The van der Waals surface area contributed by atoms with E-state index < -0.39 is 35.9 Å². The Labute approximate surface area is 139 Å². The molecular weight excluding hydrogens is 343 g/mol. The number of hydrogen-bond acceptors (Lipinski definition) is 4. The van der Waals surface area contributed by atoms with Crippen LogP contribution >= 0.6 is 11.3 Å². The molecular formula is C15H14F3N3O2S. The van der Waals surface area contributed by atoms with E-state index in [1.54, 1.807) is 11.3 Å². The maximum Gasteiger partial charge on any atom is 0.321 e. The van der Waals surface area contributed by atoms with Gasteiger partial charge in [0.1, 0.15) is 0 Å². The van der Waals surface area contributed by atoms with E-state index in [2.05, 4.69) is 10.6 Å². The van der Waals surface area contributed by atoms with Gasteiger partial charge in [0.05, 0.1) is 12.2 Å². The zero-order valence-corrected chi connectivity index (χ0v) is 13.2. The maximum absolute atomic E-state index is 13.4. The Kier molecular flexibility index (Phi) is 6.19. The second-order valence-electron chi connectivity index (χ2n) is 4.71. The van der Waals surface area contributed by atoms with Gasteiger partial charge >= 0.3 is 6.03 Å². The number of carbonyl (C=O) groups is 2. The van der Waals surface area contributed by atoms with E-state index in [-0.39, 0.29) is 5.69 Å². The Balaban J connectivity index is 1.72. The van der Waals surface area contributed by atoms with E-state index in [4.69, 9.17) is 0 Å². The number of anilines is 1. The standard InChI is InChI=1S/C15H14F3N3O2S/c16-10-3-4-11(14(18)13(10)17)20-8-12(22)21-15(23)19-6-5-9-2-1-7-24-9/h1-4,7,20H,5-6,8H2,(H2,19,21,22,23). The highest BCUT2D eigenvalue weighted by atomic mass is 32.1. The largest absolute Gasteiger partial charge is 0.374 e. The first-order chi connectivity index (χ1) is 11.5. The summed E-state index contributed by atoms with van der Waals surface area (Å²) in [6.45, 7) is -0.120. The Hall–Kier alpha value is -2.55. The van der Waals surface area contributed by atoms with Gasteiger partial charge in [-0.1, -0.05) is 6.07 Å². The quantitative estimate of drug-likeness (QED) is 0.696. The highest BCUT2D eigenvalue weighted by Gasteiger charge is 2.14. The van der Waals surface area contributed by atoms with E-state index >= 15 is 0 Å². The van der Waals surface area contributed by atoms with Crippen LogP contribution in [0.3, 0.4) is 0 Å². The summed E-state index contributed by atoms with van der Waals surface area (Å²) in [5.74, 6) is -5.13. The van der Waals surface area contributed by atoms with Gasteiger partial charge in [-0.05, 0) is 30.0 Å². The predicted octanol–water partition coefficient (Wildman–Crippen LogP) is 2.65. The minimum Gasteiger partial charge on any atom is -0.374 e. The van der Waals surface area contributed by atoms with Crippen LogP contribution in [-0.4, -0.2) is 25.0 Å². The van der Waals surface area contributed by atoms with Crippen molar-refractivity contribution in [3.8, 4) is 0 Å². The van der Waals surface area contributed by atoms with Gasteiger partial charge in [-0.2, -0.15) is 0 Å². The first-order valence-electron chi connectivity index (χ1n) is 6.95. The van der Waals surface area contributed by atoms with Crippen molar-refractivity contribution in [1.82, 2.24) is 10.6 Å². The molecule has 2 rings (SSSR count). The first-order valence-corrected chi connectivity index (χ1v) is 7.82. The number of thiophene rings is 1. The number of urea groups is 1. The van der Waals surface area contributed by atoms with Crippen molar-refractivity contribution >= 4 is 29.0 Å². The lowest BCUT2D eigenvalue weighted by molar-refractivity contribution is -0.118. The summed E-state index contributed by atoms with van der Waals surface area (Å²) in [5.41, 5.74) is -0.373. The van der Waals surface area contributed by atoms with E-state index in [1.807, 2.05) is 22.8 Å². The highest BCUT2D eigenvalue weighted by molar-refractivity contribution is 7.09. The lowest BCUT2D eigenvalue weighted by Crippen LogP contribution is -2.42. The van der Waals surface area contributed by atoms with Gasteiger partial charge in [0, 0.05) is 11.4 Å². The van der Waals surface area contributed by atoms with Crippen molar-refractivity contribution in [2.24, 2.45) is 0 Å². The fourth-order valence-corrected chi connectivity index (χ4v) is 2.52. The molecule has 3 N–H and O–H groups in total. The van der Waals surface area contributed by atoms with Gasteiger partial charge in [0.15, 0.2) is 17.5 Å². The zero-order chi connectivity index (χ0) is 17.5. The number of carbonyl (C=O) groups excluding carboxylic acids is 2. The maximum atomic E-state index is 13.4. The van der Waals surface area contributed by atoms with Gasteiger partial charge in [0.25, 0.3) is 0 Å². The lowest BCUT2D eigenvalue weighted by atomic mass is 10.3. The molecule has 3 amide bonds. The lowest BCUT2D eigenvalue weighted by Gasteiger charge is -2.09. The molecule has 0 spiro atoms. The van der Waals surface area contributed by atoms with Gasteiger partial charge in [-0.25, -0.2) is 18.0 Å². The summed E-state index contributed by atoms with van der Waals surface area (Å²) in [6.07, 6.45) is 0.637. The van der Waals surface area contributed by atoms with Gasteiger partial charge in [-0.3, -0.25) is 10.1 Å². The number of amides is 3. The van der Waals surface area contributed by atoms with Gasteiger partial charge in [0.2, 0.25) is 5.91 Å². The zero-order valence-electron chi connectivity index (χ0n) is 12.4. The molecule has 0 aliphatic carbocycles. The molecule has 5 nitrogen and oxygen atoms in total. The third kappa shape index (κ3) is 4.98. The molecule has 0 saturated carbocycles. The van der Waals surface area contributed by atoms with Crippen molar-refractivity contribution in [2.45, 2.75) is 6.42 Å². The molecule has 0 bridgehead atoms. The molecule has 0 aliphatic rings. The number of benzene rings is 1. The topological polar surface area (TPSA) is 70.2 Å². The summed E-state index contributed by atoms with van der Waals surface area (Å²) >= 11 is 1.56. The summed E-state index contributed by atoms with van der Waals surface area (Å²) < 4.78 is 39.2. The molecule has 2 aromatic rings. The van der Waals surface area contributed by atoms with E-state index in [0.29, 0.717) is 13.0 Å². The van der Waals surface area contributed by atoms with Crippen LogP contribution in [0.4, 0.5) is 23.7 Å². The predicted molar refractivity (Wildman–Crippen MR) is 84.4 cm³/mol.